The van der Waals surface area contributed by atoms with Crippen LogP contribution in [0.5, 0.6) is 0 Å². The van der Waals surface area contributed by atoms with Crippen molar-refractivity contribution in [2.24, 2.45) is 5.92 Å². The summed E-state index contributed by atoms with van der Waals surface area (Å²) in [6.45, 7) is 10.7. The summed E-state index contributed by atoms with van der Waals surface area (Å²) < 4.78 is 2.25. The van der Waals surface area contributed by atoms with Crippen molar-refractivity contribution in [3.05, 3.63) is 67.3 Å². The third-order valence-corrected chi connectivity index (χ3v) is 8.24. The van der Waals surface area contributed by atoms with Crippen LogP contribution in [0, 0.1) is 31.1 Å². The van der Waals surface area contributed by atoms with Crippen LogP contribution in [-0.2, 0) is 17.9 Å². The van der Waals surface area contributed by atoms with Gasteiger partial charge in [0.15, 0.2) is 0 Å². The molecule has 1 amide bonds. The predicted octanol–water partition coefficient (Wildman–Crippen LogP) is 5.38. The lowest BCUT2D eigenvalue weighted by Gasteiger charge is -2.36. The maximum Gasteiger partial charge on any atom is 0.270 e. The van der Waals surface area contributed by atoms with Crippen molar-refractivity contribution < 1.29 is 4.79 Å². The summed E-state index contributed by atoms with van der Waals surface area (Å²) in [5.41, 5.74) is 3.44. The minimum Gasteiger partial charge on any atom is -0.357 e. The molecule has 2 aliphatic heterocycles. The molecule has 1 atom stereocenters. The van der Waals surface area contributed by atoms with E-state index in [0.29, 0.717) is 33.8 Å². The first-order chi connectivity index (χ1) is 17.2. The molecular weight excluding hydrogens is 488 g/mol. The van der Waals surface area contributed by atoms with E-state index in [1.54, 1.807) is 9.47 Å². The van der Waals surface area contributed by atoms with Gasteiger partial charge in [-0.05, 0) is 56.2 Å². The number of rotatable bonds is 6. The van der Waals surface area contributed by atoms with Gasteiger partial charge in [0, 0.05) is 25.2 Å². The lowest BCUT2D eigenvalue weighted by Crippen LogP contribution is -2.40. The van der Waals surface area contributed by atoms with E-state index in [4.69, 9.17) is 12.2 Å². The Bertz CT molecular complexity index is 1320. The average Bonchev–Trinajstić information content (AvgIpc) is 3.11. The van der Waals surface area contributed by atoms with Crippen LogP contribution in [-0.4, -0.2) is 32.8 Å². The number of aromatic nitrogens is 1. The average molecular weight is 521 g/mol. The monoisotopic (exact) mass is 520 g/mol. The Morgan fingerprint density at radius 3 is 2.58 bits per heavy atom. The number of thiocarbonyl (C=S) groups is 1. The highest BCUT2D eigenvalue weighted by Crippen LogP contribution is 2.37. The third-order valence-electron chi connectivity index (χ3n) is 6.86. The summed E-state index contributed by atoms with van der Waals surface area (Å²) in [5, 5.41) is 9.84. The smallest absolute Gasteiger partial charge is 0.270 e. The van der Waals surface area contributed by atoms with Crippen LogP contribution < -0.4 is 10.5 Å². The lowest BCUT2D eigenvalue weighted by atomic mass is 9.98. The number of thioether (sulfide) groups is 1. The van der Waals surface area contributed by atoms with E-state index in [1.807, 2.05) is 51.1 Å². The van der Waals surface area contributed by atoms with Gasteiger partial charge in [0.2, 0.25) is 0 Å². The lowest BCUT2D eigenvalue weighted by molar-refractivity contribution is -0.122. The number of hydrogen-bond acceptors (Lipinski definition) is 6. The fourth-order valence-electron chi connectivity index (χ4n) is 4.94. The number of piperidine rings is 1. The van der Waals surface area contributed by atoms with E-state index in [0.717, 1.165) is 54.9 Å². The second-order valence-electron chi connectivity index (χ2n) is 9.75. The summed E-state index contributed by atoms with van der Waals surface area (Å²) in [6.07, 6.45) is 4.81. The Labute approximate surface area is 222 Å². The molecule has 2 saturated heterocycles. The molecule has 8 heteroatoms. The number of aryl methyl sites for hydroxylation is 1. The molecule has 0 radical (unpaired) electrons. The maximum absolute atomic E-state index is 13.5. The number of nitrogens with zero attached hydrogens (tertiary/aromatic N) is 4. The van der Waals surface area contributed by atoms with Gasteiger partial charge in [-0.1, -0.05) is 67.7 Å². The fourth-order valence-corrected chi connectivity index (χ4v) is 6.18. The molecule has 0 bridgehead atoms. The van der Waals surface area contributed by atoms with Crippen molar-refractivity contribution in [1.29, 1.82) is 5.26 Å². The van der Waals surface area contributed by atoms with Gasteiger partial charge >= 0.3 is 0 Å². The van der Waals surface area contributed by atoms with Crippen LogP contribution in [0.1, 0.15) is 60.9 Å². The van der Waals surface area contributed by atoms with Crippen LogP contribution >= 0.6 is 24.0 Å². The van der Waals surface area contributed by atoms with Crippen LogP contribution in [0.4, 0.5) is 5.82 Å². The Hall–Kier alpha value is -2.89. The molecule has 0 aliphatic carbocycles. The van der Waals surface area contributed by atoms with Gasteiger partial charge in [-0.2, -0.15) is 5.26 Å². The zero-order chi connectivity index (χ0) is 26.0. The number of carbonyl (C=O) groups excluding carboxylic acids is 1. The number of anilines is 1. The van der Waals surface area contributed by atoms with Crippen molar-refractivity contribution in [3.63, 3.8) is 0 Å². The van der Waals surface area contributed by atoms with E-state index in [1.165, 1.54) is 11.8 Å². The van der Waals surface area contributed by atoms with Gasteiger partial charge in [0.1, 0.15) is 21.8 Å². The van der Waals surface area contributed by atoms with Gasteiger partial charge in [-0.15, -0.1) is 0 Å². The summed E-state index contributed by atoms with van der Waals surface area (Å²) >= 11 is 6.87. The largest absolute Gasteiger partial charge is 0.357 e. The quantitative estimate of drug-likeness (QED) is 0.376. The van der Waals surface area contributed by atoms with Gasteiger partial charge in [0.25, 0.3) is 11.5 Å². The Morgan fingerprint density at radius 2 is 1.94 bits per heavy atom. The van der Waals surface area contributed by atoms with E-state index < -0.39 is 0 Å². The summed E-state index contributed by atoms with van der Waals surface area (Å²) in [7, 11) is 0. The molecule has 1 aromatic heterocycles. The van der Waals surface area contributed by atoms with Gasteiger partial charge in [-0.3, -0.25) is 19.1 Å². The molecule has 1 unspecified atom stereocenters. The van der Waals surface area contributed by atoms with Crippen LogP contribution in [0.3, 0.4) is 0 Å². The highest BCUT2D eigenvalue weighted by atomic mass is 32.2. The normalized spacial score (nSPS) is 19.3. The molecule has 1 aromatic carbocycles. The van der Waals surface area contributed by atoms with Crippen LogP contribution in [0.25, 0.3) is 6.08 Å². The molecule has 2 aliphatic rings. The Kier molecular flexibility index (Phi) is 8.01. The number of carbonyl (C=O) groups is 1. The number of amides is 1. The van der Waals surface area contributed by atoms with Gasteiger partial charge in [-0.25, -0.2) is 0 Å². The van der Waals surface area contributed by atoms with Crippen molar-refractivity contribution in [2.75, 3.05) is 18.0 Å². The molecule has 6 nitrogen and oxygen atoms in total. The van der Waals surface area contributed by atoms with Crippen LogP contribution in [0.2, 0.25) is 0 Å². The van der Waals surface area contributed by atoms with E-state index >= 15 is 0 Å². The molecule has 2 fully saturated rings. The Balaban J connectivity index is 1.81. The minimum absolute atomic E-state index is 0.138. The second-order valence-corrected chi connectivity index (χ2v) is 11.4. The van der Waals surface area contributed by atoms with Crippen molar-refractivity contribution in [1.82, 2.24) is 9.47 Å². The van der Waals surface area contributed by atoms with Crippen molar-refractivity contribution in [3.8, 4) is 6.07 Å². The summed E-state index contributed by atoms with van der Waals surface area (Å²) in [4.78, 5) is 31.2. The minimum atomic E-state index is -0.255. The second kappa shape index (κ2) is 11.0. The first-order valence-electron chi connectivity index (χ1n) is 12.5. The number of pyridine rings is 1. The predicted molar refractivity (Wildman–Crippen MR) is 151 cm³/mol. The molecule has 36 heavy (non-hydrogen) atoms. The maximum atomic E-state index is 13.5. The fraction of sp³-hybridized carbons (Fsp3) is 0.429. The zero-order valence-electron chi connectivity index (χ0n) is 21.3. The molecule has 0 spiro atoms. The summed E-state index contributed by atoms with van der Waals surface area (Å²) in [5.74, 6) is 1.17. The first-order valence-corrected chi connectivity index (χ1v) is 13.7. The zero-order valence-corrected chi connectivity index (χ0v) is 23.0. The highest BCUT2D eigenvalue weighted by molar-refractivity contribution is 8.26. The highest BCUT2D eigenvalue weighted by Gasteiger charge is 2.33. The molecular formula is C28H32N4O2S2. The molecule has 4 rings (SSSR count). The van der Waals surface area contributed by atoms with Crippen molar-refractivity contribution in [2.45, 2.75) is 60.0 Å². The van der Waals surface area contributed by atoms with E-state index in [9.17, 15) is 14.9 Å². The van der Waals surface area contributed by atoms with Crippen molar-refractivity contribution >= 4 is 46.1 Å². The molecule has 188 valence electrons. The first kappa shape index (κ1) is 26.2. The SMILES string of the molecule is CCCn1c(N2CCCC(C)C2)c(/C=C2/SC(=S)N(Cc3ccc(C)cc3)C2=O)c(C)c(C#N)c1=O. The van der Waals surface area contributed by atoms with E-state index in [-0.39, 0.29) is 17.0 Å². The van der Waals surface area contributed by atoms with E-state index in [2.05, 4.69) is 17.9 Å². The van der Waals surface area contributed by atoms with Gasteiger partial charge in [0.05, 0.1) is 11.4 Å². The van der Waals surface area contributed by atoms with Gasteiger partial charge < -0.3 is 4.90 Å². The molecule has 2 aromatic rings. The summed E-state index contributed by atoms with van der Waals surface area (Å²) in [6, 6.07) is 10.2. The molecule has 0 N–H and O–H groups in total. The topological polar surface area (TPSA) is 69.3 Å². The molecule has 3 heterocycles. The number of hydrogen-bond donors (Lipinski definition) is 0. The standard InChI is InChI=1S/C28H32N4O2S2/c1-5-12-31-25(30-13-6-7-19(3)16-30)22(20(4)23(15-29)26(31)33)14-24-27(34)32(28(35)36-24)17-21-10-8-18(2)9-11-21/h8-11,14,19H,5-7,12-13,16-17H2,1-4H3/b24-14+. The number of benzene rings is 1. The number of nitriles is 1. The third kappa shape index (κ3) is 5.14. The van der Waals surface area contributed by atoms with Crippen LogP contribution in [0.15, 0.2) is 34.0 Å². The Morgan fingerprint density at radius 1 is 1.22 bits per heavy atom. The molecule has 0 saturated carbocycles.